The predicted molar refractivity (Wildman–Crippen MR) is 68.8 cm³/mol. The van der Waals surface area contributed by atoms with Gasteiger partial charge in [0.1, 0.15) is 0 Å². The molecule has 0 saturated heterocycles. The number of fused-ring (bicyclic) bond motifs is 1. The molecule has 0 unspecified atom stereocenters. The number of rotatable bonds is 3. The van der Waals surface area contributed by atoms with Gasteiger partial charge >= 0.3 is 233 Å². The number of pyridine rings is 1. The number of aromatic nitrogens is 3. The maximum atomic E-state index is 10.4. The van der Waals surface area contributed by atoms with Crippen LogP contribution in [0.25, 0.3) is 11.2 Å². The number of aryl methyl sites for hydroxylation is 2. The van der Waals surface area contributed by atoms with E-state index in [1.165, 1.54) is 4.57 Å². The summed E-state index contributed by atoms with van der Waals surface area (Å²) in [7, 11) is -4.55. The van der Waals surface area contributed by atoms with Gasteiger partial charge in [0.15, 0.2) is 0 Å². The third kappa shape index (κ3) is 14.7. The second kappa shape index (κ2) is 20.6. The van der Waals surface area contributed by atoms with Crippen molar-refractivity contribution in [3.63, 3.8) is 0 Å². The molecule has 0 aliphatic rings. The zero-order valence-electron chi connectivity index (χ0n) is 15.5. The third-order valence-corrected chi connectivity index (χ3v) is 2.49. The van der Waals surface area contributed by atoms with Crippen LogP contribution in [0.5, 0.6) is 0 Å². The van der Waals surface area contributed by atoms with Crippen LogP contribution in [0.1, 0.15) is 11.5 Å². The molecule has 0 radical (unpaired) electrons. The molecule has 2 aromatic rings. The number of phosphoric ester groups is 1. The number of hydrogen-bond donors (Lipinski definition) is 0. The summed E-state index contributed by atoms with van der Waals surface area (Å²) in [5.41, 5.74) is 1.79. The van der Waals surface area contributed by atoms with Crippen molar-refractivity contribution >= 4 is 19.0 Å². The van der Waals surface area contributed by atoms with E-state index in [-0.39, 0.29) is 240 Å². The quantitative estimate of drug-likeness (QED) is 0.243. The van der Waals surface area contributed by atoms with E-state index in [0.29, 0.717) is 24.2 Å². The number of imidazole rings is 1. The largest absolute Gasteiger partial charge is 1.00 e. The monoisotopic (exact) mass is 643 g/mol. The van der Waals surface area contributed by atoms with Crippen LogP contribution in [0.15, 0.2) is 12.1 Å². The molecule has 2 heterocycles. The van der Waals surface area contributed by atoms with Crippen LogP contribution >= 0.6 is 7.82 Å². The summed E-state index contributed by atoms with van der Waals surface area (Å²) < 4.78 is 25.3. The maximum absolute atomic E-state index is 10.4. The van der Waals surface area contributed by atoms with Crippen LogP contribution in [0.2, 0.25) is 0 Å². The van der Waals surface area contributed by atoms with E-state index in [2.05, 4.69) is 14.5 Å². The smallest absolute Gasteiger partial charge is 0.790 e. The second-order valence-corrected chi connectivity index (χ2v) is 4.59. The van der Waals surface area contributed by atoms with Gasteiger partial charge in [-0.1, -0.05) is 6.92 Å². The molecule has 0 atom stereocenters. The zero-order chi connectivity index (χ0) is 14.6. The average molecular weight is 645 g/mol. The molecule has 0 saturated carbocycles. The summed E-state index contributed by atoms with van der Waals surface area (Å²) in [5.74, 6) is 0.478. The van der Waals surface area contributed by atoms with Gasteiger partial charge in [-0.15, -0.1) is 0 Å². The van der Waals surface area contributed by atoms with Gasteiger partial charge in [-0.3, -0.25) is 9.37 Å². The Morgan fingerprint density at radius 2 is 1.62 bits per heavy atom. The molecular weight excluding hydrogens is 630 g/mol. The molecule has 114 valence electrons. The average Bonchev–Trinajstić information content (AvgIpc) is 2.63. The van der Waals surface area contributed by atoms with Crippen molar-refractivity contribution in [2.45, 2.75) is 13.8 Å². The molecule has 0 spiro atoms. The summed E-state index contributed by atoms with van der Waals surface area (Å²) in [6.45, 7) is 4.24. The van der Waals surface area contributed by atoms with Gasteiger partial charge in [0.2, 0.25) is 0 Å². The minimum absolute atomic E-state index is 0. The van der Waals surface area contributed by atoms with Crippen LogP contribution in [-0.2, 0) is 9.09 Å². The molecule has 0 N–H and O–H groups in total. The van der Waals surface area contributed by atoms with E-state index in [1.807, 2.05) is 0 Å². The minimum atomic E-state index is -5.05. The van der Waals surface area contributed by atoms with E-state index in [9.17, 15) is 18.7 Å². The molecule has 0 bridgehead atoms. The Labute approximate surface area is 337 Å². The van der Waals surface area contributed by atoms with E-state index in [1.54, 1.807) is 26.0 Å². The molecule has 0 aromatic carbocycles. The SMILES string of the molecule is CF.Cc1ccc2nc(C)n([CH-]OP(=O)([O-])[O-])c2n1.[CH3-].[Rb+].[Rb+].[Rb+].[Rb+]. The van der Waals surface area contributed by atoms with E-state index < -0.39 is 7.82 Å². The summed E-state index contributed by atoms with van der Waals surface area (Å²) in [5, 5.41) is 0. The first kappa shape index (κ1) is 40.1. The van der Waals surface area contributed by atoms with Gasteiger partial charge in [0.25, 0.3) is 0 Å². The van der Waals surface area contributed by atoms with Crippen molar-refractivity contribution in [2.24, 2.45) is 0 Å². The van der Waals surface area contributed by atoms with E-state index >= 15 is 0 Å². The Balaban J connectivity index is -0.000000166. The van der Waals surface area contributed by atoms with Gasteiger partial charge in [-0.05, 0) is 19.1 Å². The number of nitrogens with zero attached hydrogens (tertiary/aromatic N) is 3. The van der Waals surface area contributed by atoms with Gasteiger partial charge in [-0.25, -0.2) is 0 Å². The Morgan fingerprint density at radius 1 is 1.12 bits per heavy atom. The molecule has 13 heteroatoms. The molecule has 2 rings (SSSR count). The standard InChI is InChI=1S/C9H11N3O4P.CH3F.CH3.4Rb/c1-6-3-4-8-9(10-6)12(7(2)11-8)5-16-17(13,14)15;1-2;;;;;/h3-5H,1-2H3,(H2,13,14,15);1H3;1H3;;;;/q-1;;-1;4*+1/p-2. The Bertz CT molecular complexity index is 627. The van der Waals surface area contributed by atoms with Crippen LogP contribution in [0, 0.1) is 28.0 Å². The van der Waals surface area contributed by atoms with Gasteiger partial charge in [0.05, 0.1) is 20.6 Å². The normalized spacial score (nSPS) is 8.75. The van der Waals surface area contributed by atoms with Crippen molar-refractivity contribution < 1.29 is 256 Å². The molecule has 2 aromatic heterocycles. The van der Waals surface area contributed by atoms with Crippen molar-refractivity contribution in [3.05, 3.63) is 37.8 Å². The summed E-state index contributed by atoms with van der Waals surface area (Å²) in [4.78, 5) is 29.2. The first-order valence-corrected chi connectivity index (χ1v) is 6.57. The van der Waals surface area contributed by atoms with Gasteiger partial charge in [-0.2, -0.15) is 0 Å². The molecule has 24 heavy (non-hydrogen) atoms. The first-order valence-electron chi connectivity index (χ1n) is 5.10. The van der Waals surface area contributed by atoms with Crippen molar-refractivity contribution in [3.8, 4) is 0 Å². The van der Waals surface area contributed by atoms with Crippen LogP contribution in [0.4, 0.5) is 4.39 Å². The van der Waals surface area contributed by atoms with Gasteiger partial charge < -0.3 is 35.9 Å². The second-order valence-electron chi connectivity index (χ2n) is 3.48. The van der Waals surface area contributed by atoms with E-state index in [0.717, 1.165) is 12.4 Å². The van der Waals surface area contributed by atoms with Crippen molar-refractivity contribution in [2.75, 3.05) is 7.18 Å². The number of halogens is 1. The Kier molecular flexibility index (Phi) is 34.5. The Morgan fingerprint density at radius 3 is 2.08 bits per heavy atom. The minimum Gasteiger partial charge on any atom is -0.790 e. The summed E-state index contributed by atoms with van der Waals surface area (Å²) in [6.07, 6.45) is 0. The van der Waals surface area contributed by atoms with Gasteiger partial charge in [0, 0.05) is 23.8 Å². The van der Waals surface area contributed by atoms with Crippen molar-refractivity contribution in [1.82, 2.24) is 14.5 Å². The zero-order valence-corrected chi connectivity index (χ0v) is 36.1. The first-order chi connectivity index (χ1) is 8.87. The number of hydrogen-bond acceptors (Lipinski definition) is 6. The van der Waals surface area contributed by atoms with E-state index in [4.69, 9.17) is 0 Å². The molecule has 0 aliphatic heterocycles. The Hall–Kier alpha value is 5.75. The van der Waals surface area contributed by atoms with Crippen molar-refractivity contribution in [1.29, 1.82) is 0 Å². The number of alkyl halides is 1. The fourth-order valence-electron chi connectivity index (χ4n) is 1.41. The number of phosphoric acid groups is 1. The molecule has 7 nitrogen and oxygen atoms in total. The van der Waals surface area contributed by atoms with Crippen LogP contribution in [-0.4, -0.2) is 21.7 Å². The van der Waals surface area contributed by atoms with Crippen LogP contribution in [0.3, 0.4) is 0 Å². The fourth-order valence-corrected chi connectivity index (χ4v) is 1.62. The molecule has 0 aliphatic carbocycles. The fraction of sp³-hybridized carbons (Fsp3) is 0.273. The predicted octanol–water partition coefficient (Wildman–Crippen LogP) is -11.1. The summed E-state index contributed by atoms with van der Waals surface area (Å²) in [6, 6.07) is 3.54. The molecular formula is C11H15FN3O4PRb4. The topological polar surface area (TPSA) is 103 Å². The van der Waals surface area contributed by atoms with Crippen LogP contribution < -0.4 is 243 Å². The third-order valence-electron chi connectivity index (χ3n) is 2.13. The molecule has 0 amide bonds. The maximum Gasteiger partial charge on any atom is 1.00 e. The summed E-state index contributed by atoms with van der Waals surface area (Å²) >= 11 is 0. The molecule has 0 fully saturated rings.